The maximum Gasteiger partial charge on any atom is 0.339 e. The van der Waals surface area contributed by atoms with Crippen molar-refractivity contribution in [2.75, 3.05) is 0 Å². The summed E-state index contributed by atoms with van der Waals surface area (Å²) in [6.45, 7) is 0.287. The lowest BCUT2D eigenvalue weighted by Gasteiger charge is -2.22. The third-order valence-corrected chi connectivity index (χ3v) is 6.69. The van der Waals surface area contributed by atoms with Gasteiger partial charge in [-0.05, 0) is 53.9 Å². The molecule has 0 bridgehead atoms. The minimum atomic E-state index is -4.19. The highest BCUT2D eigenvalue weighted by Gasteiger charge is 2.23. The van der Waals surface area contributed by atoms with Gasteiger partial charge in [0.2, 0.25) is 0 Å². The van der Waals surface area contributed by atoms with Crippen molar-refractivity contribution in [3.05, 3.63) is 106 Å². The minimum Gasteiger partial charge on any atom is -0.467 e. The summed E-state index contributed by atoms with van der Waals surface area (Å²) < 4.78 is 49.3. The summed E-state index contributed by atoms with van der Waals surface area (Å²) >= 11 is 1.32. The van der Waals surface area contributed by atoms with E-state index in [0.717, 1.165) is 24.3 Å². The van der Waals surface area contributed by atoms with E-state index in [1.165, 1.54) is 23.7 Å². The lowest BCUT2D eigenvalue weighted by molar-refractivity contribution is 0.0722. The van der Waals surface area contributed by atoms with E-state index < -0.39 is 15.9 Å². The number of furan rings is 1. The van der Waals surface area contributed by atoms with Crippen molar-refractivity contribution in [3.8, 4) is 5.75 Å². The number of hydrogen-bond donors (Lipinski definition) is 0. The Morgan fingerprint density at radius 2 is 1.75 bits per heavy atom. The van der Waals surface area contributed by atoms with Gasteiger partial charge in [-0.2, -0.15) is 8.42 Å². The number of halogens is 1. The molecule has 0 fully saturated rings. The van der Waals surface area contributed by atoms with Crippen LogP contribution in [0.2, 0.25) is 0 Å². The second kappa shape index (κ2) is 9.37. The maximum atomic E-state index is 13.2. The van der Waals surface area contributed by atoms with E-state index in [2.05, 4.69) is 0 Å². The first-order valence-electron chi connectivity index (χ1n) is 9.55. The summed E-state index contributed by atoms with van der Waals surface area (Å²) in [5.41, 5.74) is 0.495. The first kappa shape index (κ1) is 21.8. The zero-order valence-electron chi connectivity index (χ0n) is 16.7. The van der Waals surface area contributed by atoms with Crippen molar-refractivity contribution in [3.63, 3.8) is 0 Å². The van der Waals surface area contributed by atoms with Gasteiger partial charge in [-0.3, -0.25) is 4.79 Å². The Balaban J connectivity index is 1.62. The van der Waals surface area contributed by atoms with E-state index in [-0.39, 0.29) is 29.6 Å². The molecule has 1 amide bonds. The SMILES string of the molecule is O=C(c1cccs1)N(Cc1ccco1)Cc1ccccc1OS(=O)(=O)c1ccc(F)cc1. The van der Waals surface area contributed by atoms with Crippen molar-refractivity contribution in [1.82, 2.24) is 4.90 Å². The maximum absolute atomic E-state index is 13.2. The number of benzene rings is 2. The second-order valence-electron chi connectivity index (χ2n) is 6.82. The summed E-state index contributed by atoms with van der Waals surface area (Å²) in [6, 6.07) is 17.9. The van der Waals surface area contributed by atoms with Crippen LogP contribution in [0.15, 0.2) is 93.8 Å². The lowest BCUT2D eigenvalue weighted by Crippen LogP contribution is -2.29. The van der Waals surface area contributed by atoms with Gasteiger partial charge in [-0.25, -0.2) is 4.39 Å². The number of nitrogens with zero attached hydrogens (tertiary/aromatic N) is 1. The largest absolute Gasteiger partial charge is 0.467 e. The summed E-state index contributed by atoms with van der Waals surface area (Å²) in [4.78, 5) is 15.0. The summed E-state index contributed by atoms with van der Waals surface area (Å²) in [5.74, 6) is -0.0925. The molecule has 164 valence electrons. The molecule has 0 N–H and O–H groups in total. The Morgan fingerprint density at radius 1 is 0.969 bits per heavy atom. The molecule has 9 heteroatoms. The Morgan fingerprint density at radius 3 is 2.44 bits per heavy atom. The fraction of sp³-hybridized carbons (Fsp3) is 0.0870. The fourth-order valence-electron chi connectivity index (χ4n) is 3.04. The lowest BCUT2D eigenvalue weighted by atomic mass is 10.2. The van der Waals surface area contributed by atoms with Crippen molar-refractivity contribution >= 4 is 27.4 Å². The van der Waals surface area contributed by atoms with Gasteiger partial charge in [0, 0.05) is 5.56 Å². The van der Waals surface area contributed by atoms with Crippen molar-refractivity contribution < 1.29 is 26.2 Å². The predicted octanol–water partition coefficient (Wildman–Crippen LogP) is 5.09. The number of rotatable bonds is 8. The molecule has 2 aromatic heterocycles. The summed E-state index contributed by atoms with van der Waals surface area (Å²) in [7, 11) is -4.19. The molecule has 0 saturated carbocycles. The standard InChI is InChI=1S/C23H18FNO5S2/c24-18-9-11-20(12-10-18)32(27,28)30-21-7-2-1-5-17(21)15-25(16-19-6-3-13-29-19)23(26)22-8-4-14-31-22/h1-14H,15-16H2. The molecule has 2 heterocycles. The van der Waals surface area contributed by atoms with Gasteiger partial charge in [0.1, 0.15) is 22.2 Å². The summed E-state index contributed by atoms with van der Waals surface area (Å²) in [5, 5.41) is 1.81. The van der Waals surface area contributed by atoms with Crippen molar-refractivity contribution in [1.29, 1.82) is 0 Å². The molecule has 0 atom stereocenters. The molecular weight excluding hydrogens is 453 g/mol. The molecule has 0 aliphatic carbocycles. The molecule has 0 radical (unpaired) electrons. The molecule has 32 heavy (non-hydrogen) atoms. The van der Waals surface area contributed by atoms with Gasteiger partial charge in [0.15, 0.2) is 0 Å². The zero-order valence-corrected chi connectivity index (χ0v) is 18.3. The van der Waals surface area contributed by atoms with Crippen LogP contribution in [-0.4, -0.2) is 19.2 Å². The Kier molecular flexibility index (Phi) is 6.38. The van der Waals surface area contributed by atoms with Gasteiger partial charge in [0.25, 0.3) is 5.91 Å². The highest BCUT2D eigenvalue weighted by molar-refractivity contribution is 7.87. The smallest absolute Gasteiger partial charge is 0.339 e. The highest BCUT2D eigenvalue weighted by atomic mass is 32.2. The van der Waals surface area contributed by atoms with Gasteiger partial charge in [0.05, 0.1) is 24.2 Å². The van der Waals surface area contributed by atoms with E-state index >= 15 is 0 Å². The number of carbonyl (C=O) groups excluding carboxylic acids is 1. The fourth-order valence-corrected chi connectivity index (χ4v) is 4.69. The van der Waals surface area contributed by atoms with Crippen LogP contribution < -0.4 is 4.18 Å². The molecule has 0 unspecified atom stereocenters. The van der Waals surface area contributed by atoms with Crippen LogP contribution in [0.3, 0.4) is 0 Å². The molecule has 0 spiro atoms. The quantitative estimate of drug-likeness (QED) is 0.335. The number of carbonyl (C=O) groups is 1. The van der Waals surface area contributed by atoms with Crippen molar-refractivity contribution in [2.45, 2.75) is 18.0 Å². The number of hydrogen-bond acceptors (Lipinski definition) is 6. The zero-order chi connectivity index (χ0) is 22.6. The van der Waals surface area contributed by atoms with E-state index in [4.69, 9.17) is 8.60 Å². The van der Waals surface area contributed by atoms with E-state index in [1.54, 1.807) is 47.4 Å². The van der Waals surface area contributed by atoms with Crippen LogP contribution >= 0.6 is 11.3 Å². The van der Waals surface area contributed by atoms with Gasteiger partial charge in [-0.15, -0.1) is 11.3 Å². The molecule has 0 saturated heterocycles. The normalized spacial score (nSPS) is 11.3. The van der Waals surface area contributed by atoms with Crippen LogP contribution in [-0.2, 0) is 23.2 Å². The minimum absolute atomic E-state index is 0.0836. The monoisotopic (exact) mass is 471 g/mol. The molecular formula is C23H18FNO5S2. The topological polar surface area (TPSA) is 76.8 Å². The highest BCUT2D eigenvalue weighted by Crippen LogP contribution is 2.26. The molecule has 0 aliphatic heterocycles. The first-order valence-corrected chi connectivity index (χ1v) is 11.8. The van der Waals surface area contributed by atoms with Gasteiger partial charge < -0.3 is 13.5 Å². The second-order valence-corrected chi connectivity index (χ2v) is 9.31. The van der Waals surface area contributed by atoms with E-state index in [1.807, 2.05) is 5.38 Å². The predicted molar refractivity (Wildman–Crippen MR) is 117 cm³/mol. The van der Waals surface area contributed by atoms with Crippen LogP contribution in [0.5, 0.6) is 5.75 Å². The Bertz CT molecular complexity index is 1280. The first-order chi connectivity index (χ1) is 15.4. The third-order valence-electron chi connectivity index (χ3n) is 4.58. The number of para-hydroxylation sites is 1. The van der Waals surface area contributed by atoms with Gasteiger partial charge >= 0.3 is 10.1 Å². The number of amides is 1. The van der Waals surface area contributed by atoms with E-state index in [9.17, 15) is 17.6 Å². The van der Waals surface area contributed by atoms with Crippen LogP contribution in [0.4, 0.5) is 4.39 Å². The Hall–Kier alpha value is -3.43. The van der Waals surface area contributed by atoms with Crippen LogP contribution in [0, 0.1) is 5.82 Å². The van der Waals surface area contributed by atoms with E-state index in [0.29, 0.717) is 16.2 Å². The average molecular weight is 472 g/mol. The van der Waals surface area contributed by atoms with Crippen LogP contribution in [0.25, 0.3) is 0 Å². The van der Waals surface area contributed by atoms with Gasteiger partial charge in [-0.1, -0.05) is 24.3 Å². The van der Waals surface area contributed by atoms with Crippen LogP contribution in [0.1, 0.15) is 21.0 Å². The molecule has 2 aromatic carbocycles. The molecule has 4 rings (SSSR count). The molecule has 4 aromatic rings. The average Bonchev–Trinajstić information content (AvgIpc) is 3.49. The Labute approximate surface area is 188 Å². The molecule has 6 nitrogen and oxygen atoms in total. The molecule has 0 aliphatic rings. The van der Waals surface area contributed by atoms with Crippen molar-refractivity contribution in [2.24, 2.45) is 0 Å². The third kappa shape index (κ3) is 5.06. The number of thiophene rings is 1. The summed E-state index contributed by atoms with van der Waals surface area (Å²) in [6.07, 6.45) is 1.52.